The van der Waals surface area contributed by atoms with Gasteiger partial charge < -0.3 is 15.6 Å². The van der Waals surface area contributed by atoms with Gasteiger partial charge in [-0.15, -0.1) is 0 Å². The first-order valence-corrected chi connectivity index (χ1v) is 5.77. The lowest BCUT2D eigenvalue weighted by Crippen LogP contribution is -2.12. The molecule has 2 rings (SSSR count). The van der Waals surface area contributed by atoms with Gasteiger partial charge in [0, 0.05) is 24.5 Å². The second-order valence-corrected chi connectivity index (χ2v) is 3.97. The summed E-state index contributed by atoms with van der Waals surface area (Å²) in [4.78, 5) is 15.9. The molecule has 1 aromatic heterocycles. The van der Waals surface area contributed by atoms with Crippen LogP contribution >= 0.6 is 0 Å². The van der Waals surface area contributed by atoms with Crippen molar-refractivity contribution < 1.29 is 4.79 Å². The van der Waals surface area contributed by atoms with E-state index >= 15 is 0 Å². The Hall–Kier alpha value is -2.58. The number of hydrogen-bond donors (Lipinski definition) is 2. The molecule has 0 fully saturated rings. The molecule has 96 valence electrons. The molecule has 5 nitrogen and oxygen atoms in total. The van der Waals surface area contributed by atoms with Crippen molar-refractivity contribution in [3.05, 3.63) is 48.0 Å². The molecule has 2 aromatic rings. The summed E-state index contributed by atoms with van der Waals surface area (Å²) in [5, 5.41) is 2.77. The number of nitrogens with one attached hydrogen (secondary N) is 1. The van der Waals surface area contributed by atoms with Gasteiger partial charge in [-0.05, 0) is 18.2 Å². The molecule has 0 aliphatic rings. The van der Waals surface area contributed by atoms with E-state index in [9.17, 15) is 4.79 Å². The molecule has 5 heteroatoms. The minimum absolute atomic E-state index is 0.246. The number of hydrogen-bond acceptors (Lipinski definition) is 3. The van der Waals surface area contributed by atoms with Crippen LogP contribution in [0.1, 0.15) is 16.1 Å². The predicted octanol–water partition coefficient (Wildman–Crippen LogP) is 0.983. The number of rotatable bonds is 2. The van der Waals surface area contributed by atoms with E-state index in [2.05, 4.69) is 22.1 Å². The van der Waals surface area contributed by atoms with Gasteiger partial charge in [-0.2, -0.15) is 0 Å². The number of carbonyl (C=O) groups excluding carboxylic acids is 1. The zero-order valence-electron chi connectivity index (χ0n) is 10.6. The topological polar surface area (TPSA) is 72.9 Å². The summed E-state index contributed by atoms with van der Waals surface area (Å²) < 4.78 is 1.72. The average molecular weight is 254 g/mol. The van der Waals surface area contributed by atoms with Crippen molar-refractivity contribution in [1.82, 2.24) is 9.55 Å². The SMILES string of the molecule is Cn1cnc(C(=O)Nc2cccc(C#CCN)c2)c1. The Morgan fingerprint density at radius 3 is 3.05 bits per heavy atom. The van der Waals surface area contributed by atoms with Crippen LogP contribution in [0.15, 0.2) is 36.8 Å². The van der Waals surface area contributed by atoms with Crippen LogP contribution in [0.25, 0.3) is 0 Å². The summed E-state index contributed by atoms with van der Waals surface area (Å²) in [6.07, 6.45) is 3.24. The van der Waals surface area contributed by atoms with E-state index in [1.165, 1.54) is 0 Å². The number of anilines is 1. The smallest absolute Gasteiger partial charge is 0.275 e. The Bertz CT molecular complexity index is 649. The highest BCUT2D eigenvalue weighted by Gasteiger charge is 2.08. The van der Waals surface area contributed by atoms with Crippen LogP contribution in [-0.4, -0.2) is 22.0 Å². The zero-order chi connectivity index (χ0) is 13.7. The van der Waals surface area contributed by atoms with Crippen LogP contribution in [0.2, 0.25) is 0 Å². The molecule has 0 aliphatic heterocycles. The van der Waals surface area contributed by atoms with E-state index < -0.39 is 0 Å². The maximum absolute atomic E-state index is 11.9. The Morgan fingerprint density at radius 2 is 2.37 bits per heavy atom. The number of carbonyl (C=O) groups is 1. The standard InChI is InChI=1S/C14H14N4O/c1-18-9-13(16-10-18)14(19)17-12-6-2-4-11(8-12)5-3-7-15/h2,4,6,8-10H,7,15H2,1H3,(H,17,19). The molecule has 0 unspecified atom stereocenters. The van der Waals surface area contributed by atoms with Gasteiger partial charge in [-0.1, -0.05) is 17.9 Å². The van der Waals surface area contributed by atoms with E-state index in [1.54, 1.807) is 29.2 Å². The van der Waals surface area contributed by atoms with Crippen molar-refractivity contribution in [2.75, 3.05) is 11.9 Å². The van der Waals surface area contributed by atoms with Crippen LogP contribution in [0.5, 0.6) is 0 Å². The number of aryl methyl sites for hydroxylation is 1. The highest BCUT2D eigenvalue weighted by atomic mass is 16.1. The number of imidazole rings is 1. The molecule has 3 N–H and O–H groups in total. The van der Waals surface area contributed by atoms with Crippen LogP contribution in [0.3, 0.4) is 0 Å². The largest absolute Gasteiger partial charge is 0.340 e. The van der Waals surface area contributed by atoms with Crippen molar-refractivity contribution >= 4 is 11.6 Å². The third kappa shape index (κ3) is 3.44. The summed E-state index contributed by atoms with van der Waals surface area (Å²) in [5.41, 5.74) is 7.18. The number of aromatic nitrogens is 2. The van der Waals surface area contributed by atoms with E-state index in [1.807, 2.05) is 19.2 Å². The van der Waals surface area contributed by atoms with Crippen LogP contribution in [0, 0.1) is 11.8 Å². The normalized spacial score (nSPS) is 9.58. The molecule has 1 heterocycles. The van der Waals surface area contributed by atoms with Gasteiger partial charge in [0.15, 0.2) is 0 Å². The first-order chi connectivity index (χ1) is 9.19. The highest BCUT2D eigenvalue weighted by Crippen LogP contribution is 2.11. The summed E-state index contributed by atoms with van der Waals surface area (Å²) in [7, 11) is 1.81. The van der Waals surface area contributed by atoms with Crippen molar-refractivity contribution in [3.8, 4) is 11.8 Å². The lowest BCUT2D eigenvalue weighted by Gasteiger charge is -2.03. The summed E-state index contributed by atoms with van der Waals surface area (Å²) >= 11 is 0. The fourth-order valence-corrected chi connectivity index (χ4v) is 1.55. The fourth-order valence-electron chi connectivity index (χ4n) is 1.55. The van der Waals surface area contributed by atoms with Gasteiger partial charge >= 0.3 is 0 Å². The van der Waals surface area contributed by atoms with Crippen molar-refractivity contribution in [1.29, 1.82) is 0 Å². The summed E-state index contributed by atoms with van der Waals surface area (Å²) in [5.74, 6) is 5.44. The second kappa shape index (κ2) is 5.85. The molecule has 0 atom stereocenters. The predicted molar refractivity (Wildman–Crippen MR) is 73.5 cm³/mol. The summed E-state index contributed by atoms with van der Waals surface area (Å²) in [6, 6.07) is 7.28. The highest BCUT2D eigenvalue weighted by molar-refractivity contribution is 6.02. The molecule has 0 bridgehead atoms. The molecule has 0 saturated carbocycles. The van der Waals surface area contributed by atoms with Gasteiger partial charge in [0.2, 0.25) is 0 Å². The van der Waals surface area contributed by atoms with Crippen LogP contribution < -0.4 is 11.1 Å². The van der Waals surface area contributed by atoms with Gasteiger partial charge in [-0.3, -0.25) is 4.79 Å². The number of nitrogens with two attached hydrogens (primary N) is 1. The molecule has 0 saturated heterocycles. The number of amides is 1. The molecule has 1 amide bonds. The van der Waals surface area contributed by atoms with Gasteiger partial charge in [0.25, 0.3) is 5.91 Å². The minimum Gasteiger partial charge on any atom is -0.340 e. The molecular formula is C14H14N4O. The second-order valence-electron chi connectivity index (χ2n) is 3.97. The van der Waals surface area contributed by atoms with Crippen molar-refractivity contribution in [3.63, 3.8) is 0 Å². The minimum atomic E-state index is -0.246. The third-order valence-electron chi connectivity index (χ3n) is 2.39. The van der Waals surface area contributed by atoms with Gasteiger partial charge in [0.1, 0.15) is 5.69 Å². The molecular weight excluding hydrogens is 240 g/mol. The van der Waals surface area contributed by atoms with E-state index in [4.69, 9.17) is 5.73 Å². The zero-order valence-corrected chi connectivity index (χ0v) is 10.6. The van der Waals surface area contributed by atoms with E-state index in [-0.39, 0.29) is 5.91 Å². The van der Waals surface area contributed by atoms with Crippen molar-refractivity contribution in [2.24, 2.45) is 12.8 Å². The molecule has 19 heavy (non-hydrogen) atoms. The molecule has 1 aromatic carbocycles. The maximum Gasteiger partial charge on any atom is 0.275 e. The Morgan fingerprint density at radius 1 is 1.53 bits per heavy atom. The Balaban J connectivity index is 2.13. The van der Waals surface area contributed by atoms with E-state index in [0.717, 1.165) is 5.56 Å². The van der Waals surface area contributed by atoms with Gasteiger partial charge in [0.05, 0.1) is 12.9 Å². The fraction of sp³-hybridized carbons (Fsp3) is 0.143. The van der Waals surface area contributed by atoms with Crippen molar-refractivity contribution in [2.45, 2.75) is 0 Å². The monoisotopic (exact) mass is 254 g/mol. The quantitative estimate of drug-likeness (QED) is 0.785. The van der Waals surface area contributed by atoms with Crippen LogP contribution in [-0.2, 0) is 7.05 Å². The summed E-state index contributed by atoms with van der Waals surface area (Å²) in [6.45, 7) is 0.310. The third-order valence-corrected chi connectivity index (χ3v) is 2.39. The first kappa shape index (κ1) is 12.9. The number of nitrogens with zero attached hydrogens (tertiary/aromatic N) is 2. The average Bonchev–Trinajstić information content (AvgIpc) is 2.83. The lowest BCUT2D eigenvalue weighted by atomic mass is 10.2. The Kier molecular flexibility index (Phi) is 3.96. The molecule has 0 spiro atoms. The van der Waals surface area contributed by atoms with E-state index in [0.29, 0.717) is 17.9 Å². The molecule has 0 radical (unpaired) electrons. The maximum atomic E-state index is 11.9. The Labute approximate surface area is 111 Å². The number of benzene rings is 1. The van der Waals surface area contributed by atoms with Gasteiger partial charge in [-0.25, -0.2) is 4.98 Å². The lowest BCUT2D eigenvalue weighted by molar-refractivity contribution is 0.102. The van der Waals surface area contributed by atoms with Crippen LogP contribution in [0.4, 0.5) is 5.69 Å². The molecule has 0 aliphatic carbocycles. The first-order valence-electron chi connectivity index (χ1n) is 5.77.